The Kier molecular flexibility index (Phi) is 4.23. The minimum absolute atomic E-state index is 0.00750. The van der Waals surface area contributed by atoms with Crippen molar-refractivity contribution >= 4 is 5.91 Å². The second-order valence-electron chi connectivity index (χ2n) is 5.35. The van der Waals surface area contributed by atoms with Gasteiger partial charge in [-0.15, -0.1) is 0 Å². The summed E-state index contributed by atoms with van der Waals surface area (Å²) in [5, 5.41) is 0. The number of aryl methyl sites for hydroxylation is 1. The molecule has 19 heavy (non-hydrogen) atoms. The van der Waals surface area contributed by atoms with Gasteiger partial charge in [0.25, 0.3) is 0 Å². The molecular weight excluding hydrogens is 236 g/mol. The van der Waals surface area contributed by atoms with Gasteiger partial charge >= 0.3 is 0 Å². The molecule has 3 rings (SSSR count). The number of pyridine rings is 1. The summed E-state index contributed by atoms with van der Waals surface area (Å²) in [6, 6.07) is 4.53. The van der Waals surface area contributed by atoms with E-state index < -0.39 is 0 Å². The van der Waals surface area contributed by atoms with Gasteiger partial charge in [0.1, 0.15) is 0 Å². The van der Waals surface area contributed by atoms with Gasteiger partial charge in [-0.3, -0.25) is 9.78 Å². The molecule has 1 saturated carbocycles. The minimum atomic E-state index is 0.00750. The highest BCUT2D eigenvalue weighted by molar-refractivity contribution is 5.86. The number of carbonyl (C=O) groups is 1. The van der Waals surface area contributed by atoms with E-state index in [1.807, 2.05) is 45.0 Å². The Hall–Kier alpha value is -1.38. The van der Waals surface area contributed by atoms with Crippen molar-refractivity contribution in [3.63, 3.8) is 0 Å². The number of likely N-dealkylation sites (N-methyl/N-ethyl adjacent to an activating group) is 1. The molecular formula is C16H24N2O. The van der Waals surface area contributed by atoms with Crippen molar-refractivity contribution in [2.24, 2.45) is 5.92 Å². The Bertz CT molecular complexity index is 441. The number of rotatable bonds is 1. The summed E-state index contributed by atoms with van der Waals surface area (Å²) < 4.78 is 0. The smallest absolute Gasteiger partial charge is 0.232 e. The van der Waals surface area contributed by atoms with E-state index in [2.05, 4.69) is 11.1 Å². The SMILES string of the molecule is CC.Cc1ccc([C@@H]2C(=O)N(C)[C@H]3CCC[C@@H]23)nc1. The number of aromatic nitrogens is 1. The molecule has 3 atom stereocenters. The third-order valence-corrected chi connectivity index (χ3v) is 4.32. The van der Waals surface area contributed by atoms with Gasteiger partial charge in [0, 0.05) is 19.3 Å². The van der Waals surface area contributed by atoms with E-state index in [1.165, 1.54) is 12.8 Å². The van der Waals surface area contributed by atoms with Crippen molar-refractivity contribution in [1.82, 2.24) is 9.88 Å². The highest BCUT2D eigenvalue weighted by atomic mass is 16.2. The van der Waals surface area contributed by atoms with Crippen molar-refractivity contribution < 1.29 is 4.79 Å². The molecule has 3 nitrogen and oxygen atoms in total. The van der Waals surface area contributed by atoms with Crippen molar-refractivity contribution in [2.45, 2.75) is 52.0 Å². The number of hydrogen-bond donors (Lipinski definition) is 0. The third kappa shape index (κ3) is 2.38. The molecule has 0 radical (unpaired) electrons. The fourth-order valence-corrected chi connectivity index (χ4v) is 3.41. The van der Waals surface area contributed by atoms with Gasteiger partial charge in [0.15, 0.2) is 0 Å². The largest absolute Gasteiger partial charge is 0.342 e. The maximum atomic E-state index is 12.3. The fourth-order valence-electron chi connectivity index (χ4n) is 3.41. The molecule has 0 aromatic carbocycles. The first-order valence-electron chi connectivity index (χ1n) is 7.37. The van der Waals surface area contributed by atoms with Crippen LogP contribution in [0.15, 0.2) is 18.3 Å². The number of likely N-dealkylation sites (tertiary alicyclic amines) is 1. The van der Waals surface area contributed by atoms with Crippen LogP contribution >= 0.6 is 0 Å². The molecule has 1 saturated heterocycles. The molecule has 0 bridgehead atoms. The summed E-state index contributed by atoms with van der Waals surface area (Å²) in [4.78, 5) is 18.7. The van der Waals surface area contributed by atoms with E-state index in [0.29, 0.717) is 12.0 Å². The first kappa shape index (κ1) is 14.0. The van der Waals surface area contributed by atoms with Gasteiger partial charge in [-0.1, -0.05) is 26.3 Å². The molecule has 3 heteroatoms. The Morgan fingerprint density at radius 2 is 2.00 bits per heavy atom. The Labute approximate surface area is 116 Å². The second-order valence-corrected chi connectivity index (χ2v) is 5.35. The van der Waals surface area contributed by atoms with Crippen LogP contribution < -0.4 is 0 Å². The van der Waals surface area contributed by atoms with E-state index in [0.717, 1.165) is 17.7 Å². The number of hydrogen-bond acceptors (Lipinski definition) is 2. The van der Waals surface area contributed by atoms with Gasteiger partial charge < -0.3 is 4.90 Å². The molecule has 104 valence electrons. The van der Waals surface area contributed by atoms with Crippen molar-refractivity contribution in [3.05, 3.63) is 29.6 Å². The summed E-state index contributed by atoms with van der Waals surface area (Å²) in [5.74, 6) is 0.756. The molecule has 1 aromatic heterocycles. The Morgan fingerprint density at radius 1 is 1.26 bits per heavy atom. The van der Waals surface area contributed by atoms with Crippen LogP contribution in [0.2, 0.25) is 0 Å². The van der Waals surface area contributed by atoms with Crippen LogP contribution in [0.25, 0.3) is 0 Å². The molecule has 0 spiro atoms. The van der Waals surface area contributed by atoms with Crippen molar-refractivity contribution in [2.75, 3.05) is 7.05 Å². The van der Waals surface area contributed by atoms with Crippen LogP contribution in [0.1, 0.15) is 50.3 Å². The number of amides is 1. The summed E-state index contributed by atoms with van der Waals surface area (Å²) in [7, 11) is 1.94. The monoisotopic (exact) mass is 260 g/mol. The molecule has 1 aliphatic heterocycles. The maximum Gasteiger partial charge on any atom is 0.232 e. The van der Waals surface area contributed by atoms with E-state index in [4.69, 9.17) is 0 Å². The van der Waals surface area contributed by atoms with E-state index in [9.17, 15) is 4.79 Å². The van der Waals surface area contributed by atoms with Gasteiger partial charge in [0.2, 0.25) is 5.91 Å². The van der Waals surface area contributed by atoms with Crippen LogP contribution in [0.5, 0.6) is 0 Å². The molecule has 2 aliphatic rings. The maximum absolute atomic E-state index is 12.3. The van der Waals surface area contributed by atoms with Gasteiger partial charge in [-0.2, -0.15) is 0 Å². The number of fused-ring (bicyclic) bond motifs is 1. The number of nitrogens with zero attached hydrogens (tertiary/aromatic N) is 2. The van der Waals surface area contributed by atoms with Crippen molar-refractivity contribution in [3.8, 4) is 0 Å². The molecule has 1 aromatic rings. The lowest BCUT2D eigenvalue weighted by Crippen LogP contribution is -2.29. The molecule has 1 aliphatic carbocycles. The summed E-state index contributed by atoms with van der Waals surface area (Å²) in [5.41, 5.74) is 2.11. The topological polar surface area (TPSA) is 33.2 Å². The molecule has 0 unspecified atom stereocenters. The Morgan fingerprint density at radius 3 is 2.63 bits per heavy atom. The average molecular weight is 260 g/mol. The van der Waals surface area contributed by atoms with Gasteiger partial charge in [-0.05, 0) is 37.3 Å². The highest BCUT2D eigenvalue weighted by Gasteiger charge is 2.49. The predicted molar refractivity (Wildman–Crippen MR) is 77.0 cm³/mol. The third-order valence-electron chi connectivity index (χ3n) is 4.32. The zero-order valence-corrected chi connectivity index (χ0v) is 12.4. The summed E-state index contributed by atoms with van der Waals surface area (Å²) in [6.07, 6.45) is 5.44. The lowest BCUT2D eigenvalue weighted by atomic mass is 9.89. The lowest BCUT2D eigenvalue weighted by molar-refractivity contribution is -0.129. The molecule has 2 heterocycles. The van der Waals surface area contributed by atoms with Crippen molar-refractivity contribution in [1.29, 1.82) is 0 Å². The van der Waals surface area contributed by atoms with Gasteiger partial charge in [0.05, 0.1) is 11.6 Å². The summed E-state index contributed by atoms with van der Waals surface area (Å²) in [6.45, 7) is 6.03. The average Bonchev–Trinajstić information content (AvgIpc) is 2.99. The molecule has 1 amide bonds. The predicted octanol–water partition coefficient (Wildman–Crippen LogP) is 3.14. The van der Waals surface area contributed by atoms with Gasteiger partial charge in [-0.25, -0.2) is 0 Å². The second kappa shape index (κ2) is 5.72. The molecule has 0 N–H and O–H groups in total. The zero-order valence-electron chi connectivity index (χ0n) is 12.4. The standard InChI is InChI=1S/C14H18N2O.C2H6/c1-9-6-7-11(15-8-9)13-10-4-3-5-12(10)16(2)14(13)17;1-2/h6-8,10,12-13H,3-5H2,1-2H3;1-2H3/t10-,12+,13-;/m1./s1. The van der Waals surface area contributed by atoms with E-state index in [1.54, 1.807) is 0 Å². The molecule has 2 fully saturated rings. The first-order chi connectivity index (χ1) is 9.18. The fraction of sp³-hybridized carbons (Fsp3) is 0.625. The summed E-state index contributed by atoms with van der Waals surface area (Å²) >= 11 is 0. The van der Waals surface area contributed by atoms with Crippen LogP contribution in [-0.2, 0) is 4.79 Å². The van der Waals surface area contributed by atoms with Crippen LogP contribution in [0.3, 0.4) is 0 Å². The van der Waals surface area contributed by atoms with Crippen LogP contribution in [0.4, 0.5) is 0 Å². The Balaban J connectivity index is 0.000000637. The van der Waals surface area contributed by atoms with E-state index >= 15 is 0 Å². The quantitative estimate of drug-likeness (QED) is 0.777. The van der Waals surface area contributed by atoms with Crippen LogP contribution in [0, 0.1) is 12.8 Å². The lowest BCUT2D eigenvalue weighted by Gasteiger charge is -2.17. The van der Waals surface area contributed by atoms with E-state index in [-0.39, 0.29) is 11.8 Å². The zero-order chi connectivity index (χ0) is 14.0. The highest BCUT2D eigenvalue weighted by Crippen LogP contribution is 2.45. The van der Waals surface area contributed by atoms with Crippen LogP contribution in [-0.4, -0.2) is 28.9 Å². The first-order valence-corrected chi connectivity index (χ1v) is 7.37. The number of carbonyl (C=O) groups excluding carboxylic acids is 1. The minimum Gasteiger partial charge on any atom is -0.342 e. The normalized spacial score (nSPS) is 28.9.